The SMILES string of the molecule is COC(=O)c1ccccc1-c1ccc(C(C)NC(=O)C2(NC(=O)C(F)(F)F)CC2)nc1. The summed E-state index contributed by atoms with van der Waals surface area (Å²) in [4.78, 5) is 39.9. The van der Waals surface area contributed by atoms with E-state index in [2.05, 4.69) is 10.3 Å². The molecule has 2 aromatic rings. The summed E-state index contributed by atoms with van der Waals surface area (Å²) in [6, 6.07) is 9.59. The van der Waals surface area contributed by atoms with E-state index < -0.39 is 35.5 Å². The van der Waals surface area contributed by atoms with Gasteiger partial charge in [0.15, 0.2) is 0 Å². The highest BCUT2D eigenvalue weighted by atomic mass is 19.4. The summed E-state index contributed by atoms with van der Waals surface area (Å²) in [6.45, 7) is 1.63. The van der Waals surface area contributed by atoms with Crippen LogP contribution in [0, 0.1) is 0 Å². The minimum Gasteiger partial charge on any atom is -0.465 e. The number of halogens is 3. The molecule has 1 aliphatic rings. The molecule has 10 heteroatoms. The van der Waals surface area contributed by atoms with Crippen molar-refractivity contribution in [1.82, 2.24) is 15.6 Å². The third-order valence-corrected chi connectivity index (χ3v) is 5.02. The highest BCUT2D eigenvalue weighted by molar-refractivity contribution is 5.97. The number of pyridine rings is 1. The molecule has 1 heterocycles. The summed E-state index contributed by atoms with van der Waals surface area (Å²) < 4.78 is 42.3. The second kappa shape index (κ2) is 8.37. The van der Waals surface area contributed by atoms with Crippen molar-refractivity contribution in [2.24, 2.45) is 0 Å². The Morgan fingerprint density at radius 3 is 2.35 bits per heavy atom. The van der Waals surface area contributed by atoms with Gasteiger partial charge in [0.25, 0.3) is 0 Å². The molecule has 7 nitrogen and oxygen atoms in total. The van der Waals surface area contributed by atoms with Gasteiger partial charge in [0, 0.05) is 11.8 Å². The fourth-order valence-corrected chi connectivity index (χ4v) is 3.07. The average Bonchev–Trinajstić information content (AvgIpc) is 3.53. The van der Waals surface area contributed by atoms with Gasteiger partial charge >= 0.3 is 18.1 Å². The molecule has 0 saturated heterocycles. The average molecular weight is 435 g/mol. The zero-order valence-electron chi connectivity index (χ0n) is 16.7. The number of nitrogens with one attached hydrogen (secondary N) is 2. The number of ether oxygens (including phenoxy) is 1. The van der Waals surface area contributed by atoms with Crippen molar-refractivity contribution in [3.05, 3.63) is 53.9 Å². The van der Waals surface area contributed by atoms with E-state index in [1.165, 1.54) is 13.3 Å². The van der Waals surface area contributed by atoms with E-state index in [1.807, 2.05) is 0 Å². The first-order valence-corrected chi connectivity index (χ1v) is 9.41. The Balaban J connectivity index is 1.70. The number of carbonyl (C=O) groups excluding carboxylic acids is 3. The predicted molar refractivity (Wildman–Crippen MR) is 104 cm³/mol. The van der Waals surface area contributed by atoms with Crippen LogP contribution >= 0.6 is 0 Å². The second-order valence-corrected chi connectivity index (χ2v) is 7.24. The molecular weight excluding hydrogens is 415 g/mol. The van der Waals surface area contributed by atoms with Crippen molar-refractivity contribution in [2.45, 2.75) is 37.5 Å². The number of carbonyl (C=O) groups is 3. The number of alkyl halides is 3. The molecule has 0 spiro atoms. The summed E-state index contributed by atoms with van der Waals surface area (Å²) in [5, 5.41) is 4.37. The van der Waals surface area contributed by atoms with Crippen LogP contribution in [0.3, 0.4) is 0 Å². The number of esters is 1. The van der Waals surface area contributed by atoms with Crippen LogP contribution in [-0.4, -0.2) is 41.6 Å². The van der Waals surface area contributed by atoms with Crippen molar-refractivity contribution in [1.29, 1.82) is 0 Å². The zero-order valence-corrected chi connectivity index (χ0v) is 16.7. The molecular formula is C21H20F3N3O4. The van der Waals surface area contributed by atoms with Crippen molar-refractivity contribution >= 4 is 17.8 Å². The molecule has 0 bridgehead atoms. The minimum atomic E-state index is -5.06. The lowest BCUT2D eigenvalue weighted by molar-refractivity contribution is -0.175. The lowest BCUT2D eigenvalue weighted by Crippen LogP contribution is -2.53. The third kappa shape index (κ3) is 4.84. The summed E-state index contributed by atoms with van der Waals surface area (Å²) in [5.74, 6) is -3.32. The summed E-state index contributed by atoms with van der Waals surface area (Å²) in [7, 11) is 1.29. The maximum Gasteiger partial charge on any atom is 0.471 e. The van der Waals surface area contributed by atoms with Crippen LogP contribution in [0.15, 0.2) is 42.6 Å². The van der Waals surface area contributed by atoms with Crippen LogP contribution in [-0.2, 0) is 14.3 Å². The van der Waals surface area contributed by atoms with Gasteiger partial charge in [-0.05, 0) is 37.5 Å². The molecule has 3 rings (SSSR count). The maximum atomic E-state index is 12.5. The number of nitrogens with zero attached hydrogens (tertiary/aromatic N) is 1. The lowest BCUT2D eigenvalue weighted by Gasteiger charge is -2.21. The van der Waals surface area contributed by atoms with E-state index in [4.69, 9.17) is 4.74 Å². The van der Waals surface area contributed by atoms with Gasteiger partial charge in [-0.3, -0.25) is 14.6 Å². The van der Waals surface area contributed by atoms with E-state index >= 15 is 0 Å². The van der Waals surface area contributed by atoms with E-state index in [0.717, 1.165) is 0 Å². The molecule has 2 N–H and O–H groups in total. The topological polar surface area (TPSA) is 97.4 Å². The molecule has 1 aromatic heterocycles. The largest absolute Gasteiger partial charge is 0.471 e. The van der Waals surface area contributed by atoms with Gasteiger partial charge in [0.05, 0.1) is 24.4 Å². The van der Waals surface area contributed by atoms with Crippen LogP contribution in [0.4, 0.5) is 13.2 Å². The van der Waals surface area contributed by atoms with E-state index in [1.54, 1.807) is 48.6 Å². The number of amides is 2. The third-order valence-electron chi connectivity index (χ3n) is 5.02. The van der Waals surface area contributed by atoms with Gasteiger partial charge in [0.2, 0.25) is 5.91 Å². The molecule has 1 aromatic carbocycles. The highest BCUT2D eigenvalue weighted by Crippen LogP contribution is 2.37. The van der Waals surface area contributed by atoms with E-state index in [9.17, 15) is 27.6 Å². The highest BCUT2D eigenvalue weighted by Gasteiger charge is 2.55. The number of rotatable bonds is 6. The molecule has 1 fully saturated rings. The molecule has 31 heavy (non-hydrogen) atoms. The van der Waals surface area contributed by atoms with Crippen molar-refractivity contribution in [3.8, 4) is 11.1 Å². The Bertz CT molecular complexity index is 1000. The van der Waals surface area contributed by atoms with Gasteiger partial charge in [-0.1, -0.05) is 24.3 Å². The molecule has 0 aliphatic heterocycles. The Morgan fingerprint density at radius 2 is 1.81 bits per heavy atom. The molecule has 2 amide bonds. The fraction of sp³-hybridized carbons (Fsp3) is 0.333. The number of methoxy groups -OCH3 is 1. The van der Waals surface area contributed by atoms with Crippen LogP contribution < -0.4 is 10.6 Å². The van der Waals surface area contributed by atoms with Gasteiger partial charge in [0.1, 0.15) is 5.54 Å². The second-order valence-electron chi connectivity index (χ2n) is 7.24. The standard InChI is InChI=1S/C21H20F3N3O4/c1-12(26-18(29)20(9-10-20)27-19(30)21(22,23)24)16-8-7-13(11-25-16)14-5-3-4-6-15(14)17(28)31-2/h3-8,11-12H,9-10H2,1-2H3,(H,26,29)(H,27,30). The Hall–Kier alpha value is -3.43. The van der Waals surface area contributed by atoms with Gasteiger partial charge in [-0.25, -0.2) is 4.79 Å². The maximum absolute atomic E-state index is 12.5. The van der Waals surface area contributed by atoms with Crippen molar-refractivity contribution in [3.63, 3.8) is 0 Å². The lowest BCUT2D eigenvalue weighted by atomic mass is 10.0. The van der Waals surface area contributed by atoms with E-state index in [-0.39, 0.29) is 12.8 Å². The number of benzene rings is 1. The zero-order chi connectivity index (χ0) is 22.8. The first-order chi connectivity index (χ1) is 14.6. The van der Waals surface area contributed by atoms with Gasteiger partial charge in [-0.2, -0.15) is 13.2 Å². The Morgan fingerprint density at radius 1 is 1.13 bits per heavy atom. The normalized spacial score (nSPS) is 15.5. The fourth-order valence-electron chi connectivity index (χ4n) is 3.07. The molecule has 0 radical (unpaired) electrons. The Kier molecular flexibility index (Phi) is 6.01. The van der Waals surface area contributed by atoms with Crippen LogP contribution in [0.25, 0.3) is 11.1 Å². The molecule has 1 saturated carbocycles. The van der Waals surface area contributed by atoms with Crippen molar-refractivity contribution in [2.75, 3.05) is 7.11 Å². The monoisotopic (exact) mass is 435 g/mol. The quantitative estimate of drug-likeness (QED) is 0.680. The summed E-state index contributed by atoms with van der Waals surface area (Å²) in [6.07, 6.45) is -3.27. The number of hydrogen-bond donors (Lipinski definition) is 2. The summed E-state index contributed by atoms with van der Waals surface area (Å²) in [5.41, 5.74) is 0.569. The Labute approximate surface area is 176 Å². The molecule has 164 valence electrons. The smallest absolute Gasteiger partial charge is 0.465 e. The van der Waals surface area contributed by atoms with Crippen LogP contribution in [0.2, 0.25) is 0 Å². The van der Waals surface area contributed by atoms with Gasteiger partial charge in [-0.15, -0.1) is 0 Å². The predicted octanol–water partition coefficient (Wildman–Crippen LogP) is 2.92. The first kappa shape index (κ1) is 22.3. The van der Waals surface area contributed by atoms with Gasteiger partial charge < -0.3 is 15.4 Å². The summed E-state index contributed by atoms with van der Waals surface area (Å²) >= 11 is 0. The minimum absolute atomic E-state index is 0.129. The van der Waals surface area contributed by atoms with E-state index in [0.29, 0.717) is 22.4 Å². The number of hydrogen-bond acceptors (Lipinski definition) is 5. The van der Waals surface area contributed by atoms with Crippen LogP contribution in [0.5, 0.6) is 0 Å². The number of aromatic nitrogens is 1. The van der Waals surface area contributed by atoms with Crippen molar-refractivity contribution < 1.29 is 32.3 Å². The molecule has 1 aliphatic carbocycles. The molecule has 1 atom stereocenters. The molecule has 1 unspecified atom stereocenters. The first-order valence-electron chi connectivity index (χ1n) is 9.41. The van der Waals surface area contributed by atoms with Crippen LogP contribution in [0.1, 0.15) is 41.9 Å².